The molecule has 1 amide bonds. The topological polar surface area (TPSA) is 49.8 Å². The van der Waals surface area contributed by atoms with Gasteiger partial charge in [0.1, 0.15) is 6.10 Å². The van der Waals surface area contributed by atoms with Crippen molar-refractivity contribution in [3.63, 3.8) is 0 Å². The molecule has 0 saturated carbocycles. The summed E-state index contributed by atoms with van der Waals surface area (Å²) in [4.78, 5) is 11.5. The van der Waals surface area contributed by atoms with Gasteiger partial charge in [0, 0.05) is 11.1 Å². The summed E-state index contributed by atoms with van der Waals surface area (Å²) in [6.45, 7) is -0.353. The van der Waals surface area contributed by atoms with Gasteiger partial charge in [-0.25, -0.2) is 0 Å². The van der Waals surface area contributed by atoms with E-state index in [1.54, 1.807) is 0 Å². The molecule has 0 aromatic heterocycles. The fourth-order valence-electron chi connectivity index (χ4n) is 1.62. The lowest BCUT2D eigenvalue weighted by molar-refractivity contribution is -0.193. The quantitative estimate of drug-likeness (QED) is 0.910. The van der Waals surface area contributed by atoms with Crippen LogP contribution in [0.15, 0.2) is 18.2 Å². The van der Waals surface area contributed by atoms with E-state index >= 15 is 0 Å². The molecular formula is C11H9ClF3NO3. The fourth-order valence-corrected chi connectivity index (χ4v) is 1.78. The Morgan fingerprint density at radius 2 is 2.05 bits per heavy atom. The van der Waals surface area contributed by atoms with Crippen LogP contribution in [-0.2, 0) is 4.79 Å². The zero-order chi connectivity index (χ0) is 14.2. The minimum absolute atomic E-state index is 0.0802. The van der Waals surface area contributed by atoms with E-state index in [4.69, 9.17) is 16.3 Å². The summed E-state index contributed by atoms with van der Waals surface area (Å²) < 4.78 is 41.6. The SMILES string of the molecule is O=C(N1CC(Oc2cc(Cl)ccc2O)C1)C(F)(F)F. The first-order valence-electron chi connectivity index (χ1n) is 5.28. The van der Waals surface area contributed by atoms with Gasteiger partial charge in [-0.3, -0.25) is 4.79 Å². The second kappa shape index (κ2) is 4.80. The maximum absolute atomic E-state index is 12.1. The fraction of sp³-hybridized carbons (Fsp3) is 0.364. The number of aromatic hydroxyl groups is 1. The summed E-state index contributed by atoms with van der Waals surface area (Å²) in [5.41, 5.74) is 0. The maximum atomic E-state index is 12.1. The van der Waals surface area contributed by atoms with E-state index in [0.717, 1.165) is 0 Å². The average molecular weight is 296 g/mol. The normalized spacial score (nSPS) is 16.1. The number of ether oxygens (including phenoxy) is 1. The Labute approximate surface area is 111 Å². The predicted molar refractivity (Wildman–Crippen MR) is 60.2 cm³/mol. The monoisotopic (exact) mass is 295 g/mol. The number of hydrogen-bond donors (Lipinski definition) is 1. The highest BCUT2D eigenvalue weighted by molar-refractivity contribution is 6.30. The van der Waals surface area contributed by atoms with Crippen LogP contribution in [0.25, 0.3) is 0 Å². The summed E-state index contributed by atoms with van der Waals surface area (Å²) in [7, 11) is 0. The summed E-state index contributed by atoms with van der Waals surface area (Å²) in [6.07, 6.45) is -5.46. The van der Waals surface area contributed by atoms with Crippen LogP contribution in [-0.4, -0.2) is 41.3 Å². The van der Waals surface area contributed by atoms with Gasteiger partial charge in [0.2, 0.25) is 0 Å². The summed E-state index contributed by atoms with van der Waals surface area (Å²) in [5, 5.41) is 9.79. The van der Waals surface area contributed by atoms with Crippen LogP contribution < -0.4 is 4.74 Å². The Kier molecular flexibility index (Phi) is 3.49. The van der Waals surface area contributed by atoms with Crippen LogP contribution in [0, 0.1) is 0 Å². The van der Waals surface area contributed by atoms with E-state index in [-0.39, 0.29) is 24.6 Å². The van der Waals surface area contributed by atoms with Gasteiger partial charge in [-0.05, 0) is 12.1 Å². The molecule has 0 aliphatic carbocycles. The largest absolute Gasteiger partial charge is 0.504 e. The molecule has 1 aromatic carbocycles. The molecule has 4 nitrogen and oxygen atoms in total. The number of nitrogens with zero attached hydrogens (tertiary/aromatic N) is 1. The second-order valence-corrected chi connectivity index (χ2v) is 4.50. The highest BCUT2D eigenvalue weighted by Crippen LogP contribution is 2.32. The standard InChI is InChI=1S/C11H9ClF3NO3/c12-6-1-2-8(17)9(3-6)19-7-4-16(5-7)10(18)11(13,14)15/h1-3,7,17H,4-5H2. The molecule has 0 spiro atoms. The van der Waals surface area contributed by atoms with Crippen LogP contribution in [0.4, 0.5) is 13.2 Å². The Balaban J connectivity index is 1.92. The van der Waals surface area contributed by atoms with Crippen molar-refractivity contribution in [1.82, 2.24) is 4.90 Å². The summed E-state index contributed by atoms with van der Waals surface area (Å²) in [6, 6.07) is 4.12. The highest BCUT2D eigenvalue weighted by atomic mass is 35.5. The Hall–Kier alpha value is -1.63. The van der Waals surface area contributed by atoms with Crippen LogP contribution in [0.2, 0.25) is 5.02 Å². The predicted octanol–water partition coefficient (Wildman–Crippen LogP) is 2.20. The van der Waals surface area contributed by atoms with Gasteiger partial charge in [0.05, 0.1) is 13.1 Å². The number of phenols is 1. The molecule has 0 bridgehead atoms. The molecule has 1 fully saturated rings. The number of phenolic OH excluding ortho intramolecular Hbond substituents is 1. The molecule has 1 aromatic rings. The number of likely N-dealkylation sites (tertiary alicyclic amines) is 1. The molecule has 1 aliphatic rings. The molecule has 1 aliphatic heterocycles. The molecule has 0 radical (unpaired) electrons. The Bertz CT molecular complexity index is 500. The minimum Gasteiger partial charge on any atom is -0.504 e. The number of rotatable bonds is 2. The zero-order valence-corrected chi connectivity index (χ0v) is 10.2. The maximum Gasteiger partial charge on any atom is 0.471 e. The Morgan fingerprint density at radius 1 is 1.42 bits per heavy atom. The number of alkyl halides is 3. The van der Waals surface area contributed by atoms with Gasteiger partial charge in [0.15, 0.2) is 11.5 Å². The number of benzene rings is 1. The number of carbonyl (C=O) groups excluding carboxylic acids is 1. The van der Waals surface area contributed by atoms with E-state index in [9.17, 15) is 23.1 Å². The lowest BCUT2D eigenvalue weighted by Gasteiger charge is -2.39. The summed E-state index contributed by atoms with van der Waals surface area (Å²) in [5.74, 6) is -1.97. The van der Waals surface area contributed by atoms with Crippen molar-refractivity contribution in [1.29, 1.82) is 0 Å². The molecule has 8 heteroatoms. The van der Waals surface area contributed by atoms with Crippen molar-refractivity contribution in [2.45, 2.75) is 12.3 Å². The molecule has 0 atom stereocenters. The van der Waals surface area contributed by atoms with Gasteiger partial charge in [-0.15, -0.1) is 0 Å². The highest BCUT2D eigenvalue weighted by Gasteiger charge is 2.47. The number of amides is 1. The lowest BCUT2D eigenvalue weighted by atomic mass is 10.1. The summed E-state index contributed by atoms with van der Waals surface area (Å²) >= 11 is 5.70. The van der Waals surface area contributed by atoms with Crippen molar-refractivity contribution in [2.75, 3.05) is 13.1 Å². The van der Waals surface area contributed by atoms with Crippen molar-refractivity contribution in [2.24, 2.45) is 0 Å². The minimum atomic E-state index is -4.87. The molecule has 0 unspecified atom stereocenters. The van der Waals surface area contributed by atoms with Gasteiger partial charge in [-0.2, -0.15) is 13.2 Å². The third kappa shape index (κ3) is 3.04. The first-order chi connectivity index (χ1) is 8.77. The second-order valence-electron chi connectivity index (χ2n) is 4.06. The smallest absolute Gasteiger partial charge is 0.471 e. The molecule has 104 valence electrons. The van der Waals surface area contributed by atoms with Crippen molar-refractivity contribution >= 4 is 17.5 Å². The van der Waals surface area contributed by atoms with Crippen molar-refractivity contribution in [3.05, 3.63) is 23.2 Å². The molecule has 1 saturated heterocycles. The molecule has 19 heavy (non-hydrogen) atoms. The lowest BCUT2D eigenvalue weighted by Crippen LogP contribution is -2.59. The van der Waals surface area contributed by atoms with Crippen molar-refractivity contribution < 1.29 is 27.8 Å². The van der Waals surface area contributed by atoms with E-state index in [2.05, 4.69) is 0 Å². The number of hydrogen-bond acceptors (Lipinski definition) is 3. The van der Waals surface area contributed by atoms with Crippen molar-refractivity contribution in [3.8, 4) is 11.5 Å². The van der Waals surface area contributed by atoms with E-state index < -0.39 is 18.2 Å². The van der Waals surface area contributed by atoms with E-state index in [0.29, 0.717) is 9.92 Å². The zero-order valence-electron chi connectivity index (χ0n) is 9.45. The van der Waals surface area contributed by atoms with E-state index in [1.807, 2.05) is 0 Å². The van der Waals surface area contributed by atoms with Crippen LogP contribution >= 0.6 is 11.6 Å². The third-order valence-electron chi connectivity index (χ3n) is 2.59. The van der Waals surface area contributed by atoms with Gasteiger partial charge >= 0.3 is 12.1 Å². The average Bonchev–Trinajstić information content (AvgIpc) is 2.25. The first-order valence-corrected chi connectivity index (χ1v) is 5.66. The van der Waals surface area contributed by atoms with Gasteiger partial charge < -0.3 is 14.7 Å². The molecular weight excluding hydrogens is 287 g/mol. The molecule has 1 N–H and O–H groups in total. The van der Waals surface area contributed by atoms with Crippen LogP contribution in [0.1, 0.15) is 0 Å². The number of halogens is 4. The molecule has 2 rings (SSSR count). The van der Waals surface area contributed by atoms with E-state index in [1.165, 1.54) is 18.2 Å². The molecule has 1 heterocycles. The van der Waals surface area contributed by atoms with Crippen LogP contribution in [0.5, 0.6) is 11.5 Å². The number of carbonyl (C=O) groups is 1. The van der Waals surface area contributed by atoms with Crippen LogP contribution in [0.3, 0.4) is 0 Å². The van der Waals surface area contributed by atoms with Gasteiger partial charge in [-0.1, -0.05) is 11.6 Å². The third-order valence-corrected chi connectivity index (χ3v) is 2.83. The Morgan fingerprint density at radius 3 is 2.63 bits per heavy atom. The van der Waals surface area contributed by atoms with Gasteiger partial charge in [0.25, 0.3) is 0 Å². The first kappa shape index (κ1) is 13.8.